The van der Waals surface area contributed by atoms with E-state index in [2.05, 4.69) is 0 Å². The van der Waals surface area contributed by atoms with Crippen LogP contribution in [0.25, 0.3) is 0 Å². The topological polar surface area (TPSA) is 114 Å². The summed E-state index contributed by atoms with van der Waals surface area (Å²) in [6, 6.07) is 19.2. The van der Waals surface area contributed by atoms with Gasteiger partial charge in [0.25, 0.3) is 17.7 Å². The van der Waals surface area contributed by atoms with Gasteiger partial charge in [0.15, 0.2) is 0 Å². The molecular formula is C38H29F6LiN4O6. The molecule has 3 heterocycles. The molecule has 0 fully saturated rings. The minimum Gasteiger partial charge on any atom is -0.548 e. The molecule has 55 heavy (non-hydrogen) atoms. The summed E-state index contributed by atoms with van der Waals surface area (Å²) < 4.78 is 88.1. The van der Waals surface area contributed by atoms with Crippen LogP contribution in [0.4, 0.5) is 43.4 Å². The number of carbonyl (C=O) groups excluding carboxylic acids is 4. The number of carbonyl (C=O) groups is 4. The quantitative estimate of drug-likeness (QED) is 0.146. The number of aliphatic carboxylic acids is 1. The van der Waals surface area contributed by atoms with Crippen molar-refractivity contribution in [1.29, 1.82) is 0 Å². The number of hydrogen-bond acceptors (Lipinski definition) is 8. The molecular weight excluding hydrogens is 729 g/mol. The zero-order chi connectivity index (χ0) is 38.9. The summed E-state index contributed by atoms with van der Waals surface area (Å²) in [4.78, 5) is 56.4. The average molecular weight is 759 g/mol. The first-order valence-corrected chi connectivity index (χ1v) is 16.7. The van der Waals surface area contributed by atoms with Gasteiger partial charge in [-0.25, -0.2) is 0 Å². The van der Waals surface area contributed by atoms with E-state index < -0.39 is 61.2 Å². The van der Waals surface area contributed by atoms with Crippen LogP contribution in [-0.2, 0) is 10.3 Å². The molecule has 0 saturated carbocycles. The fourth-order valence-electron chi connectivity index (χ4n) is 7.56. The molecule has 0 radical (unpaired) electrons. The number of amides is 3. The van der Waals surface area contributed by atoms with E-state index in [1.54, 1.807) is 24.3 Å². The van der Waals surface area contributed by atoms with Crippen molar-refractivity contribution in [3.05, 3.63) is 112 Å². The SMILES string of the molecule is CCN(CC(F)(F)F)c1ccc2c(c1)Oc1cc(N(CC)CC(F)(F)F)ccc1C21c2ccccc2C(=O)N1c1ccc2c(c1)C(=O)N(CC(=O)[O-])C2=O.[Li+]. The van der Waals surface area contributed by atoms with Crippen LogP contribution >= 0.6 is 0 Å². The van der Waals surface area contributed by atoms with Crippen LogP contribution in [0.15, 0.2) is 78.9 Å². The molecule has 1 spiro atoms. The van der Waals surface area contributed by atoms with Crippen molar-refractivity contribution in [3.63, 3.8) is 0 Å². The first kappa shape index (κ1) is 39.2. The number of alkyl halides is 6. The van der Waals surface area contributed by atoms with Crippen LogP contribution in [0.5, 0.6) is 11.5 Å². The molecule has 4 aromatic rings. The number of carboxylic acid groups (broad SMARTS) is 1. The Morgan fingerprint density at radius 3 is 1.73 bits per heavy atom. The third kappa shape index (κ3) is 6.57. The first-order chi connectivity index (χ1) is 25.5. The first-order valence-electron chi connectivity index (χ1n) is 16.7. The summed E-state index contributed by atoms with van der Waals surface area (Å²) in [5, 5.41) is 11.3. The molecule has 3 amide bonds. The summed E-state index contributed by atoms with van der Waals surface area (Å²) in [7, 11) is 0. The van der Waals surface area contributed by atoms with Gasteiger partial charge in [-0.15, -0.1) is 0 Å². The van der Waals surface area contributed by atoms with Crippen molar-refractivity contribution >= 4 is 40.8 Å². The second kappa shape index (κ2) is 14.0. The minimum absolute atomic E-state index is 0. The molecule has 0 aliphatic carbocycles. The molecule has 0 atom stereocenters. The summed E-state index contributed by atoms with van der Waals surface area (Å²) in [5.74, 6) is -4.04. The number of fused-ring (bicyclic) bond motifs is 7. The van der Waals surface area contributed by atoms with E-state index in [4.69, 9.17) is 4.74 Å². The Kier molecular flexibility index (Phi) is 9.98. The second-order valence-electron chi connectivity index (χ2n) is 12.9. The Bertz CT molecular complexity index is 2170. The van der Waals surface area contributed by atoms with Crippen LogP contribution < -0.4 is 43.4 Å². The molecule has 3 aliphatic heterocycles. The van der Waals surface area contributed by atoms with Crippen molar-refractivity contribution in [3.8, 4) is 11.5 Å². The number of carboxylic acids is 1. The fourth-order valence-corrected chi connectivity index (χ4v) is 7.56. The van der Waals surface area contributed by atoms with Crippen LogP contribution in [0, 0.1) is 0 Å². The maximum Gasteiger partial charge on any atom is 1.00 e. The fraction of sp³-hybridized carbons (Fsp3) is 0.263. The van der Waals surface area contributed by atoms with Crippen molar-refractivity contribution in [2.45, 2.75) is 31.7 Å². The Morgan fingerprint density at radius 1 is 0.691 bits per heavy atom. The summed E-state index contributed by atoms with van der Waals surface area (Å²) in [6.45, 7) is -0.598. The Balaban J connectivity index is 0.00000514. The van der Waals surface area contributed by atoms with Gasteiger partial charge in [-0.3, -0.25) is 24.2 Å². The Labute approximate surface area is 322 Å². The number of imide groups is 1. The van der Waals surface area contributed by atoms with Gasteiger partial charge >= 0.3 is 31.2 Å². The molecule has 17 heteroatoms. The number of hydrogen-bond donors (Lipinski definition) is 0. The van der Waals surface area contributed by atoms with E-state index in [1.807, 2.05) is 0 Å². The van der Waals surface area contributed by atoms with Gasteiger partial charge in [-0.1, -0.05) is 30.3 Å². The molecule has 0 unspecified atom stereocenters. The van der Waals surface area contributed by atoms with Gasteiger partial charge in [0.2, 0.25) is 0 Å². The summed E-state index contributed by atoms with van der Waals surface area (Å²) >= 11 is 0. The molecule has 4 aromatic carbocycles. The number of anilines is 3. The van der Waals surface area contributed by atoms with Gasteiger partial charge < -0.3 is 24.4 Å². The van der Waals surface area contributed by atoms with Crippen molar-refractivity contribution in [2.24, 2.45) is 0 Å². The standard InChI is InChI=1S/C38H30F6N4O6.Li/c1-3-45(19-36(39,40)41)21-10-13-28-30(16-21)54-31-17-22(46(4-2)20-37(42,43)44)11-14-29(31)38(28)27-8-6-5-7-25(27)35(53)48(38)23-9-12-24-26(15-23)34(52)47(33(24)51)18-32(49)50;/h5-17H,3-4,18-20H2,1-2H3,(H,49,50);/q;+1/p-1. The second-order valence-corrected chi connectivity index (χ2v) is 12.9. The number of benzene rings is 4. The van der Waals surface area contributed by atoms with Crippen LogP contribution in [0.1, 0.15) is 61.6 Å². The molecule has 280 valence electrons. The minimum atomic E-state index is -4.56. The van der Waals surface area contributed by atoms with Gasteiger partial charge in [-0.05, 0) is 50.2 Å². The number of halogens is 6. The third-order valence-corrected chi connectivity index (χ3v) is 9.75. The number of nitrogens with zero attached hydrogens (tertiary/aromatic N) is 4. The van der Waals surface area contributed by atoms with Crippen molar-refractivity contribution < 1.29 is 74.2 Å². The van der Waals surface area contributed by atoms with E-state index in [1.165, 1.54) is 73.3 Å². The average Bonchev–Trinajstić information content (AvgIpc) is 3.51. The molecule has 10 nitrogen and oxygen atoms in total. The predicted molar refractivity (Wildman–Crippen MR) is 181 cm³/mol. The molecule has 0 aromatic heterocycles. The van der Waals surface area contributed by atoms with Gasteiger partial charge in [0, 0.05) is 64.5 Å². The smallest absolute Gasteiger partial charge is 0.548 e. The monoisotopic (exact) mass is 758 g/mol. The molecule has 0 bridgehead atoms. The van der Waals surface area contributed by atoms with Gasteiger partial charge in [-0.2, -0.15) is 26.3 Å². The van der Waals surface area contributed by atoms with Gasteiger partial charge in [0.05, 0.1) is 23.6 Å². The predicted octanol–water partition coefficient (Wildman–Crippen LogP) is 2.87. The van der Waals surface area contributed by atoms with E-state index >= 15 is 0 Å². The maximum atomic E-state index is 14.7. The van der Waals surface area contributed by atoms with E-state index in [-0.39, 0.29) is 88.3 Å². The van der Waals surface area contributed by atoms with Crippen molar-refractivity contribution in [2.75, 3.05) is 47.4 Å². The zero-order valence-electron chi connectivity index (χ0n) is 29.5. The van der Waals surface area contributed by atoms with E-state index in [0.29, 0.717) is 10.5 Å². The van der Waals surface area contributed by atoms with Crippen LogP contribution in [-0.4, -0.2) is 73.7 Å². The maximum absolute atomic E-state index is 14.7. The summed E-state index contributed by atoms with van der Waals surface area (Å²) in [6.07, 6.45) is -9.12. The largest absolute Gasteiger partial charge is 1.00 e. The normalized spacial score (nSPS) is 15.2. The molecule has 3 aliphatic rings. The van der Waals surface area contributed by atoms with Gasteiger partial charge in [0.1, 0.15) is 30.1 Å². The Hall–Kier alpha value is -5.46. The molecule has 0 saturated heterocycles. The zero-order valence-corrected chi connectivity index (χ0v) is 29.5. The third-order valence-electron chi connectivity index (χ3n) is 9.75. The molecule has 0 N–H and O–H groups in total. The number of ether oxygens (including phenoxy) is 1. The molecule has 7 rings (SSSR count). The van der Waals surface area contributed by atoms with E-state index in [9.17, 15) is 50.6 Å². The summed E-state index contributed by atoms with van der Waals surface area (Å²) in [5.41, 5.74) is -0.485. The number of rotatable bonds is 9. The van der Waals surface area contributed by atoms with Crippen LogP contribution in [0.2, 0.25) is 0 Å². The van der Waals surface area contributed by atoms with E-state index in [0.717, 1.165) is 9.80 Å². The van der Waals surface area contributed by atoms with Crippen molar-refractivity contribution in [1.82, 2.24) is 4.90 Å². The Morgan fingerprint density at radius 2 is 1.22 bits per heavy atom. The van der Waals surface area contributed by atoms with Crippen LogP contribution in [0.3, 0.4) is 0 Å².